The molecule has 0 radical (unpaired) electrons. The second kappa shape index (κ2) is 68.8. The average molecular weight is 1410 g/mol. The molecule has 0 fully saturated rings. The summed E-state index contributed by atoms with van der Waals surface area (Å²) in [6, 6.07) is 0. The van der Waals surface area contributed by atoms with E-state index < -0.39 is 97.5 Å². The molecule has 0 spiro atoms. The molecule has 0 aliphatic carbocycles. The summed E-state index contributed by atoms with van der Waals surface area (Å²) in [5.74, 6) is -0.562. The Morgan fingerprint density at radius 3 is 0.792 bits per heavy atom. The smallest absolute Gasteiger partial charge is 0.462 e. The highest BCUT2D eigenvalue weighted by Gasteiger charge is 2.30. The first-order valence-electron chi connectivity index (χ1n) is 40.0. The first kappa shape index (κ1) is 94.1. The zero-order valence-corrected chi connectivity index (χ0v) is 64.5. The molecule has 17 nitrogen and oxygen atoms in total. The van der Waals surface area contributed by atoms with E-state index in [9.17, 15) is 43.2 Å². The molecule has 3 unspecified atom stereocenters. The van der Waals surface area contributed by atoms with Crippen molar-refractivity contribution in [2.75, 3.05) is 39.6 Å². The van der Waals surface area contributed by atoms with E-state index in [1.54, 1.807) is 0 Å². The summed E-state index contributed by atoms with van der Waals surface area (Å²) in [7, 11) is -9.91. The van der Waals surface area contributed by atoms with Crippen LogP contribution in [-0.2, 0) is 65.4 Å². The minimum atomic E-state index is -4.96. The number of hydrogen-bond acceptors (Lipinski definition) is 15. The van der Waals surface area contributed by atoms with Crippen molar-refractivity contribution in [3.63, 3.8) is 0 Å². The molecule has 0 aliphatic rings. The number of unbranched alkanes of at least 4 members (excludes halogenated alkanes) is 45. The Bertz CT molecular complexity index is 1860. The topological polar surface area (TPSA) is 237 Å². The lowest BCUT2D eigenvalue weighted by atomic mass is 9.99. The Morgan fingerprint density at radius 1 is 0.302 bits per heavy atom. The fourth-order valence-electron chi connectivity index (χ4n) is 11.8. The van der Waals surface area contributed by atoms with E-state index >= 15 is 0 Å². The van der Waals surface area contributed by atoms with Crippen LogP contribution in [0.25, 0.3) is 0 Å². The van der Waals surface area contributed by atoms with E-state index in [-0.39, 0.29) is 25.7 Å². The van der Waals surface area contributed by atoms with Gasteiger partial charge in [0.05, 0.1) is 26.4 Å². The van der Waals surface area contributed by atoms with Gasteiger partial charge >= 0.3 is 39.5 Å². The summed E-state index contributed by atoms with van der Waals surface area (Å²) in [6.07, 6.45) is 56.7. The average Bonchev–Trinajstić information content (AvgIpc) is 1.37. The van der Waals surface area contributed by atoms with Gasteiger partial charge in [0.25, 0.3) is 0 Å². The molecule has 0 bridgehead atoms. The van der Waals surface area contributed by atoms with E-state index in [4.69, 9.17) is 37.0 Å². The third-order valence-electron chi connectivity index (χ3n) is 18.3. The van der Waals surface area contributed by atoms with Crippen LogP contribution in [0.5, 0.6) is 0 Å². The van der Waals surface area contributed by atoms with Crippen LogP contribution in [0, 0.1) is 11.8 Å². The number of hydrogen-bond donors (Lipinski definition) is 3. The molecular formula is C77H150O17P2. The summed E-state index contributed by atoms with van der Waals surface area (Å²) < 4.78 is 68.6. The second-order valence-electron chi connectivity index (χ2n) is 28.5. The molecule has 0 aliphatic heterocycles. The minimum Gasteiger partial charge on any atom is -0.462 e. The van der Waals surface area contributed by atoms with Gasteiger partial charge in [0.15, 0.2) is 12.2 Å². The van der Waals surface area contributed by atoms with Gasteiger partial charge in [-0.05, 0) is 37.5 Å². The Kier molecular flexibility index (Phi) is 67.4. The molecule has 0 amide bonds. The normalized spacial score (nSPS) is 14.3. The summed E-state index contributed by atoms with van der Waals surface area (Å²) in [5.41, 5.74) is 0. The highest BCUT2D eigenvalue weighted by Crippen LogP contribution is 2.45. The van der Waals surface area contributed by atoms with E-state index in [1.807, 2.05) is 0 Å². The molecule has 0 aromatic carbocycles. The third-order valence-corrected chi connectivity index (χ3v) is 20.2. The van der Waals surface area contributed by atoms with E-state index in [1.165, 1.54) is 218 Å². The van der Waals surface area contributed by atoms with Crippen LogP contribution >= 0.6 is 15.6 Å². The second-order valence-corrected chi connectivity index (χ2v) is 31.4. The molecule has 0 saturated heterocycles. The first-order chi connectivity index (χ1) is 46.4. The predicted octanol–water partition coefficient (Wildman–Crippen LogP) is 22.7. The SMILES string of the molecule is CCCCCCCCCCCCCCCCCCCC(=O)O[C@H](COC(=O)CCCCCCCCCCCCCCC(C)C)COP(=O)(O)OC[C@@H](O)COP(=O)(O)OC[C@@H](COC(=O)CCCCCCCCCCCCCC)OC(=O)CCCCCCCCCCC(C)CC. The van der Waals surface area contributed by atoms with Gasteiger partial charge < -0.3 is 33.8 Å². The van der Waals surface area contributed by atoms with Crippen LogP contribution in [0.3, 0.4) is 0 Å². The van der Waals surface area contributed by atoms with Crippen molar-refractivity contribution in [1.29, 1.82) is 0 Å². The Balaban J connectivity index is 5.26. The number of carbonyl (C=O) groups excluding carboxylic acids is 4. The van der Waals surface area contributed by atoms with Crippen LogP contribution in [0.4, 0.5) is 0 Å². The molecule has 3 N–H and O–H groups in total. The van der Waals surface area contributed by atoms with E-state index in [0.29, 0.717) is 25.7 Å². The van der Waals surface area contributed by atoms with Crippen molar-refractivity contribution in [1.82, 2.24) is 0 Å². The summed E-state index contributed by atoms with van der Waals surface area (Å²) in [6.45, 7) is 9.62. The van der Waals surface area contributed by atoms with E-state index in [2.05, 4.69) is 41.5 Å². The van der Waals surface area contributed by atoms with Gasteiger partial charge in [0.1, 0.15) is 19.3 Å². The number of carbonyl (C=O) groups is 4. The number of rotatable bonds is 76. The molecular weight excluding hydrogens is 1260 g/mol. The molecule has 0 aromatic heterocycles. The molecule has 19 heteroatoms. The number of phosphoric acid groups is 2. The van der Waals surface area contributed by atoms with Gasteiger partial charge in [-0.15, -0.1) is 0 Å². The number of ether oxygens (including phenoxy) is 4. The molecule has 96 heavy (non-hydrogen) atoms. The lowest BCUT2D eigenvalue weighted by molar-refractivity contribution is -0.161. The lowest BCUT2D eigenvalue weighted by Crippen LogP contribution is -2.30. The molecule has 0 heterocycles. The molecule has 0 saturated carbocycles. The van der Waals surface area contributed by atoms with Crippen LogP contribution in [0.1, 0.15) is 401 Å². The Labute approximate surface area is 588 Å². The zero-order chi connectivity index (χ0) is 70.7. The lowest BCUT2D eigenvalue weighted by Gasteiger charge is -2.21. The molecule has 570 valence electrons. The molecule has 6 atom stereocenters. The number of aliphatic hydroxyl groups is 1. The van der Waals surface area contributed by atoms with Crippen molar-refractivity contribution in [3.05, 3.63) is 0 Å². The van der Waals surface area contributed by atoms with Gasteiger partial charge in [-0.2, -0.15) is 0 Å². The van der Waals surface area contributed by atoms with E-state index in [0.717, 1.165) is 102 Å². The maximum atomic E-state index is 13.1. The maximum Gasteiger partial charge on any atom is 0.472 e. The quantitative estimate of drug-likeness (QED) is 0.0222. The van der Waals surface area contributed by atoms with Gasteiger partial charge in [-0.25, -0.2) is 9.13 Å². The van der Waals surface area contributed by atoms with Crippen molar-refractivity contribution in [3.8, 4) is 0 Å². The van der Waals surface area contributed by atoms with Crippen molar-refractivity contribution in [2.45, 2.75) is 419 Å². The van der Waals surface area contributed by atoms with Crippen molar-refractivity contribution >= 4 is 39.5 Å². The molecule has 0 rings (SSSR count). The third kappa shape index (κ3) is 69.2. The maximum absolute atomic E-state index is 13.1. The van der Waals surface area contributed by atoms with Gasteiger partial charge in [0, 0.05) is 25.7 Å². The largest absolute Gasteiger partial charge is 0.472 e. The Hall–Kier alpha value is -1.94. The summed E-state index contributed by atoms with van der Waals surface area (Å²) in [4.78, 5) is 72.9. The monoisotopic (exact) mass is 1410 g/mol. The fraction of sp³-hybridized carbons (Fsp3) is 0.948. The van der Waals surface area contributed by atoms with Gasteiger partial charge in [0.2, 0.25) is 0 Å². The Morgan fingerprint density at radius 2 is 0.531 bits per heavy atom. The number of phosphoric ester groups is 2. The number of esters is 4. The van der Waals surface area contributed by atoms with Crippen LogP contribution in [-0.4, -0.2) is 96.7 Å². The predicted molar refractivity (Wildman–Crippen MR) is 391 cm³/mol. The number of aliphatic hydroxyl groups excluding tert-OH is 1. The van der Waals surface area contributed by atoms with Crippen LogP contribution in [0.15, 0.2) is 0 Å². The highest BCUT2D eigenvalue weighted by atomic mass is 31.2. The summed E-state index contributed by atoms with van der Waals surface area (Å²) >= 11 is 0. The van der Waals surface area contributed by atoms with Gasteiger partial charge in [-0.3, -0.25) is 37.3 Å². The zero-order valence-electron chi connectivity index (χ0n) is 62.7. The fourth-order valence-corrected chi connectivity index (χ4v) is 13.4. The highest BCUT2D eigenvalue weighted by molar-refractivity contribution is 7.47. The van der Waals surface area contributed by atoms with Gasteiger partial charge in [-0.1, -0.05) is 350 Å². The minimum absolute atomic E-state index is 0.105. The van der Waals surface area contributed by atoms with Crippen molar-refractivity contribution in [2.24, 2.45) is 11.8 Å². The van der Waals surface area contributed by atoms with Crippen molar-refractivity contribution < 1.29 is 80.2 Å². The standard InChI is InChI=1S/C77H150O17P2/c1-7-10-12-14-16-18-20-22-23-24-25-26-32-36-43-49-55-61-76(81)93-72(65-87-75(80)60-54-48-42-35-31-28-27-29-33-39-45-51-57-69(4)5)67-91-95(83,84)89-63-71(78)64-90-96(85,86)92-68-73(94-77(82)62-56-50-44-38-37-40-46-52-58-70(6)9-3)66-88-74(79)59-53-47-41-34-30-21-19-17-15-13-11-8-2/h69-73,78H,7-68H2,1-6H3,(H,83,84)(H,85,86)/t70?,71-,72-,73-/m1/s1. The van der Waals surface area contributed by atoms with Crippen LogP contribution < -0.4 is 0 Å². The first-order valence-corrected chi connectivity index (χ1v) is 43.0. The molecule has 0 aromatic rings. The van der Waals surface area contributed by atoms with Crippen LogP contribution in [0.2, 0.25) is 0 Å². The summed E-state index contributed by atoms with van der Waals surface area (Å²) in [5, 5.41) is 10.6.